The Bertz CT molecular complexity index is 712. The number of hydrogen-bond donors (Lipinski definition) is 2. The molecule has 1 aliphatic heterocycles. The summed E-state index contributed by atoms with van der Waals surface area (Å²) in [5, 5.41) is 15.3. The molecule has 2 N–H and O–H groups in total. The van der Waals surface area contributed by atoms with Gasteiger partial charge < -0.3 is 15.2 Å². The second-order valence-corrected chi connectivity index (χ2v) is 12.3. The number of hydroxylamine groups is 2. The molecule has 3 aliphatic carbocycles. The Balaban J connectivity index is 1.36. The number of carbonyl (C=O) groups excluding carboxylic acids is 1. The van der Waals surface area contributed by atoms with Crippen LogP contribution in [-0.2, 0) is 19.2 Å². The van der Waals surface area contributed by atoms with Gasteiger partial charge in [-0.05, 0) is 68.6 Å². The van der Waals surface area contributed by atoms with Crippen LogP contribution in [0, 0.1) is 41.4 Å². The number of carboxylic acids is 1. The lowest BCUT2D eigenvalue weighted by atomic mass is 9.64. The zero-order chi connectivity index (χ0) is 25.5. The van der Waals surface area contributed by atoms with E-state index in [9.17, 15) is 14.7 Å². The van der Waals surface area contributed by atoms with Crippen LogP contribution in [0.2, 0.25) is 0 Å². The molecule has 7 unspecified atom stereocenters. The highest BCUT2D eigenvalue weighted by atomic mass is 16.7. The fourth-order valence-corrected chi connectivity index (χ4v) is 7.75. The summed E-state index contributed by atoms with van der Waals surface area (Å²) in [6.45, 7) is 5.62. The molecule has 1 amide bonds. The zero-order valence-corrected chi connectivity index (χ0v) is 22.7. The predicted octanol–water partition coefficient (Wildman–Crippen LogP) is 4.89. The molecule has 0 aromatic heterocycles. The summed E-state index contributed by atoms with van der Waals surface area (Å²) < 4.78 is 6.13. The number of hydrogen-bond acceptors (Lipinski definition) is 5. The van der Waals surface area contributed by atoms with Gasteiger partial charge >= 0.3 is 5.97 Å². The minimum absolute atomic E-state index is 0.0687. The van der Waals surface area contributed by atoms with Crippen molar-refractivity contribution in [3.05, 3.63) is 0 Å². The number of ether oxygens (including phenoxy) is 1. The van der Waals surface area contributed by atoms with E-state index in [4.69, 9.17) is 9.57 Å². The molecule has 206 valence electrons. The van der Waals surface area contributed by atoms with Gasteiger partial charge in [0.05, 0.1) is 18.6 Å². The van der Waals surface area contributed by atoms with Crippen molar-refractivity contribution in [1.29, 1.82) is 0 Å². The van der Waals surface area contributed by atoms with Gasteiger partial charge in [0.1, 0.15) is 0 Å². The van der Waals surface area contributed by atoms with Crippen molar-refractivity contribution < 1.29 is 24.3 Å². The van der Waals surface area contributed by atoms with Crippen LogP contribution < -0.4 is 5.32 Å². The molecule has 4 aliphatic rings. The lowest BCUT2D eigenvalue weighted by molar-refractivity contribution is -0.151. The van der Waals surface area contributed by atoms with Crippen molar-refractivity contribution in [2.75, 3.05) is 33.4 Å². The Morgan fingerprint density at radius 3 is 2.47 bits per heavy atom. The lowest BCUT2D eigenvalue weighted by Crippen LogP contribution is -2.47. The van der Waals surface area contributed by atoms with Crippen LogP contribution in [0.15, 0.2) is 0 Å². The summed E-state index contributed by atoms with van der Waals surface area (Å²) in [4.78, 5) is 31.2. The van der Waals surface area contributed by atoms with E-state index in [1.807, 2.05) is 7.11 Å². The molecule has 7 nitrogen and oxygen atoms in total. The summed E-state index contributed by atoms with van der Waals surface area (Å²) in [5.74, 6) is 0.914. The first-order valence-corrected chi connectivity index (χ1v) is 14.9. The first kappa shape index (κ1) is 27.8. The minimum Gasteiger partial charge on any atom is -0.481 e. The van der Waals surface area contributed by atoms with Gasteiger partial charge in [-0.1, -0.05) is 45.4 Å². The van der Waals surface area contributed by atoms with E-state index in [2.05, 4.69) is 17.3 Å². The van der Waals surface area contributed by atoms with Crippen LogP contribution in [-0.4, -0.2) is 61.5 Å². The standard InChI is InChI=1S/C29H50N2O5/c1-3-20-17-31(36-19-20)18-22-10-7-11-26(27(22)35-2)23-14-24(16-25(15-23)29(33)34)28(32)30-13-12-21-8-5-4-6-9-21/h20-27H,3-19H2,1-2H3,(H,30,32)(H,33,34). The van der Waals surface area contributed by atoms with Crippen LogP contribution in [0.5, 0.6) is 0 Å². The van der Waals surface area contributed by atoms with Crippen LogP contribution >= 0.6 is 0 Å². The molecule has 1 saturated heterocycles. The van der Waals surface area contributed by atoms with Crippen molar-refractivity contribution in [2.24, 2.45) is 41.4 Å². The van der Waals surface area contributed by atoms with Gasteiger partial charge in [0, 0.05) is 38.6 Å². The van der Waals surface area contributed by atoms with E-state index < -0.39 is 11.9 Å². The van der Waals surface area contributed by atoms with E-state index in [0.717, 1.165) is 70.7 Å². The molecule has 0 bridgehead atoms. The highest BCUT2D eigenvalue weighted by Gasteiger charge is 2.45. The van der Waals surface area contributed by atoms with E-state index in [0.29, 0.717) is 30.6 Å². The number of amides is 1. The largest absolute Gasteiger partial charge is 0.481 e. The topological polar surface area (TPSA) is 88.1 Å². The Kier molecular flexibility index (Phi) is 10.5. The normalized spacial score (nSPS) is 36.6. The third-order valence-electron chi connectivity index (χ3n) is 9.89. The first-order valence-electron chi connectivity index (χ1n) is 14.9. The fourth-order valence-electron chi connectivity index (χ4n) is 7.75. The number of nitrogens with zero attached hydrogens (tertiary/aromatic N) is 1. The third kappa shape index (κ3) is 7.22. The fraction of sp³-hybridized carbons (Fsp3) is 0.931. The van der Waals surface area contributed by atoms with Gasteiger partial charge in [0.2, 0.25) is 5.91 Å². The van der Waals surface area contributed by atoms with Crippen LogP contribution in [0.25, 0.3) is 0 Å². The Hall–Kier alpha value is -1.18. The molecule has 36 heavy (non-hydrogen) atoms. The molecule has 0 aromatic rings. The van der Waals surface area contributed by atoms with Gasteiger partial charge in [-0.3, -0.25) is 14.4 Å². The highest BCUT2D eigenvalue weighted by Crippen LogP contribution is 2.45. The Morgan fingerprint density at radius 1 is 1.00 bits per heavy atom. The number of rotatable bonds is 10. The number of carbonyl (C=O) groups is 2. The third-order valence-corrected chi connectivity index (χ3v) is 9.89. The van der Waals surface area contributed by atoms with E-state index in [-0.39, 0.29) is 23.8 Å². The van der Waals surface area contributed by atoms with Crippen molar-refractivity contribution in [3.63, 3.8) is 0 Å². The van der Waals surface area contributed by atoms with Gasteiger partial charge in [-0.15, -0.1) is 0 Å². The van der Waals surface area contributed by atoms with Crippen molar-refractivity contribution >= 4 is 11.9 Å². The Labute approximate surface area is 218 Å². The molecule has 7 heteroatoms. The van der Waals surface area contributed by atoms with Gasteiger partial charge in [0.25, 0.3) is 0 Å². The summed E-state index contributed by atoms with van der Waals surface area (Å²) >= 11 is 0. The van der Waals surface area contributed by atoms with E-state index in [1.165, 1.54) is 32.1 Å². The average molecular weight is 507 g/mol. The SMILES string of the molecule is CCC1CON(CC2CCCC(C3CC(C(=O)O)CC(C(=O)NCCC4CCCCC4)C3)C2OC)C1. The average Bonchev–Trinajstić information content (AvgIpc) is 3.36. The molecule has 4 rings (SSSR count). The number of carboxylic acid groups (broad SMARTS) is 1. The van der Waals surface area contributed by atoms with Crippen molar-refractivity contribution in [2.45, 2.75) is 96.5 Å². The predicted molar refractivity (Wildman–Crippen MR) is 139 cm³/mol. The second-order valence-electron chi connectivity index (χ2n) is 12.3. The van der Waals surface area contributed by atoms with Gasteiger partial charge in [-0.2, -0.15) is 5.06 Å². The zero-order valence-electron chi connectivity index (χ0n) is 22.7. The van der Waals surface area contributed by atoms with Crippen molar-refractivity contribution in [3.8, 4) is 0 Å². The maximum atomic E-state index is 13.2. The summed E-state index contributed by atoms with van der Waals surface area (Å²) in [7, 11) is 1.81. The summed E-state index contributed by atoms with van der Waals surface area (Å²) in [6, 6.07) is 0. The van der Waals surface area contributed by atoms with Crippen molar-refractivity contribution in [1.82, 2.24) is 10.4 Å². The van der Waals surface area contributed by atoms with E-state index in [1.54, 1.807) is 0 Å². The van der Waals surface area contributed by atoms with Gasteiger partial charge in [-0.25, -0.2) is 0 Å². The molecular formula is C29H50N2O5. The summed E-state index contributed by atoms with van der Waals surface area (Å²) in [6.07, 6.45) is 14.0. The molecule has 4 fully saturated rings. The number of methoxy groups -OCH3 is 1. The molecule has 0 radical (unpaired) electrons. The maximum absolute atomic E-state index is 13.2. The molecule has 3 saturated carbocycles. The lowest BCUT2D eigenvalue weighted by Gasteiger charge is -2.45. The highest BCUT2D eigenvalue weighted by molar-refractivity contribution is 5.80. The first-order chi connectivity index (χ1) is 17.5. The quantitative estimate of drug-likeness (QED) is 0.438. The molecule has 1 heterocycles. The molecular weight excluding hydrogens is 456 g/mol. The minimum atomic E-state index is -0.753. The molecule has 7 atom stereocenters. The van der Waals surface area contributed by atoms with Crippen LogP contribution in [0.4, 0.5) is 0 Å². The number of aliphatic carboxylic acids is 1. The van der Waals surface area contributed by atoms with Crippen LogP contribution in [0.3, 0.4) is 0 Å². The smallest absolute Gasteiger partial charge is 0.306 e. The van der Waals surface area contributed by atoms with Gasteiger partial charge in [0.15, 0.2) is 0 Å². The monoisotopic (exact) mass is 506 g/mol. The molecule has 0 aromatic carbocycles. The molecule has 0 spiro atoms. The van der Waals surface area contributed by atoms with E-state index >= 15 is 0 Å². The second kappa shape index (κ2) is 13.6. The Morgan fingerprint density at radius 2 is 1.78 bits per heavy atom. The summed E-state index contributed by atoms with van der Waals surface area (Å²) in [5.41, 5.74) is 0. The van der Waals surface area contributed by atoms with Crippen LogP contribution in [0.1, 0.15) is 90.4 Å². The number of nitrogens with one attached hydrogen (secondary N) is 1. The maximum Gasteiger partial charge on any atom is 0.306 e.